The molecule has 2 N–H and O–H groups in total. The van der Waals surface area contributed by atoms with E-state index >= 15 is 0 Å². The Bertz CT molecular complexity index is 710. The number of hydrogen-bond donors (Lipinski definition) is 2. The number of aryl methyl sites for hydroxylation is 1. The molecule has 0 unspecified atom stereocenters. The van der Waals surface area contributed by atoms with E-state index < -0.39 is 5.92 Å². The van der Waals surface area contributed by atoms with Crippen LogP contribution in [0.3, 0.4) is 0 Å². The lowest BCUT2D eigenvalue weighted by atomic mass is 9.92. The van der Waals surface area contributed by atoms with E-state index in [2.05, 4.69) is 15.6 Å². The highest BCUT2D eigenvalue weighted by molar-refractivity contribution is 5.74. The van der Waals surface area contributed by atoms with Gasteiger partial charge in [0.05, 0.1) is 24.9 Å². The number of urea groups is 1. The molecule has 3 fully saturated rings. The Balaban J connectivity index is 1.27. The average Bonchev–Trinajstić information content (AvgIpc) is 3.23. The first-order valence-corrected chi connectivity index (χ1v) is 9.68. The number of pyridine rings is 1. The molecule has 154 valence electrons. The zero-order valence-corrected chi connectivity index (χ0v) is 15.7. The number of rotatable bonds is 4. The maximum Gasteiger partial charge on any atom is 0.315 e. The smallest absolute Gasteiger partial charge is 0.315 e. The number of carbonyl (C=O) groups excluding carboxylic acids is 1. The standard InChI is InChI=1S/C19H25F2N3O4/c1-11-14(3-2-8-22-11)28-15-10-27-16-13(9-26-17(15)16)24-18(25)23-12-4-6-19(20,21)7-5-12/h2-3,8,12-13,15-17H,4-7,9-10H2,1H3,(H2,23,24,25)/t13-,15-,16+,17+/m0/s1. The second-order valence-electron chi connectivity index (χ2n) is 7.69. The van der Waals surface area contributed by atoms with Gasteiger partial charge in [0.2, 0.25) is 5.92 Å². The molecule has 0 bridgehead atoms. The van der Waals surface area contributed by atoms with Crippen molar-refractivity contribution < 1.29 is 27.8 Å². The molecule has 0 spiro atoms. The number of carbonyl (C=O) groups is 1. The van der Waals surface area contributed by atoms with E-state index in [9.17, 15) is 13.6 Å². The average molecular weight is 397 g/mol. The molecule has 4 atom stereocenters. The third-order valence-corrected chi connectivity index (χ3v) is 5.61. The Morgan fingerprint density at radius 3 is 2.71 bits per heavy atom. The molecule has 1 aliphatic carbocycles. The van der Waals surface area contributed by atoms with Crippen LogP contribution in [-0.4, -0.2) is 60.5 Å². The first-order valence-electron chi connectivity index (χ1n) is 9.68. The lowest BCUT2D eigenvalue weighted by molar-refractivity contribution is -0.0395. The summed E-state index contributed by atoms with van der Waals surface area (Å²) in [5.74, 6) is -1.93. The summed E-state index contributed by atoms with van der Waals surface area (Å²) in [7, 11) is 0. The molecule has 0 aromatic carbocycles. The van der Waals surface area contributed by atoms with E-state index in [1.165, 1.54) is 0 Å². The van der Waals surface area contributed by atoms with Crippen LogP contribution in [0.2, 0.25) is 0 Å². The Kier molecular flexibility index (Phi) is 5.37. The highest BCUT2D eigenvalue weighted by Gasteiger charge is 2.49. The summed E-state index contributed by atoms with van der Waals surface area (Å²) < 4.78 is 44.1. The van der Waals surface area contributed by atoms with Gasteiger partial charge >= 0.3 is 6.03 Å². The van der Waals surface area contributed by atoms with Gasteiger partial charge in [-0.1, -0.05) is 0 Å². The molecule has 3 aliphatic rings. The number of amides is 2. The van der Waals surface area contributed by atoms with Crippen molar-refractivity contribution in [2.75, 3.05) is 13.2 Å². The summed E-state index contributed by atoms with van der Waals surface area (Å²) in [6.45, 7) is 2.55. The van der Waals surface area contributed by atoms with Gasteiger partial charge in [-0.05, 0) is 31.9 Å². The minimum absolute atomic E-state index is 0.189. The molecule has 3 heterocycles. The maximum absolute atomic E-state index is 13.2. The number of fused-ring (bicyclic) bond motifs is 1. The van der Waals surface area contributed by atoms with Gasteiger partial charge in [-0.3, -0.25) is 4.98 Å². The quantitative estimate of drug-likeness (QED) is 0.814. The molecular weight excluding hydrogens is 372 g/mol. The number of ether oxygens (including phenoxy) is 3. The number of nitrogens with one attached hydrogen (secondary N) is 2. The van der Waals surface area contributed by atoms with Gasteiger partial charge in [-0.15, -0.1) is 0 Å². The van der Waals surface area contributed by atoms with Gasteiger partial charge in [-0.2, -0.15) is 0 Å². The van der Waals surface area contributed by atoms with Crippen LogP contribution in [-0.2, 0) is 9.47 Å². The fraction of sp³-hybridized carbons (Fsp3) is 0.684. The van der Waals surface area contributed by atoms with E-state index in [0.717, 1.165) is 5.69 Å². The fourth-order valence-electron chi connectivity index (χ4n) is 4.03. The van der Waals surface area contributed by atoms with Crippen molar-refractivity contribution in [3.8, 4) is 5.75 Å². The van der Waals surface area contributed by atoms with E-state index in [4.69, 9.17) is 14.2 Å². The zero-order valence-electron chi connectivity index (χ0n) is 15.7. The predicted octanol–water partition coefficient (Wildman–Crippen LogP) is 2.18. The topological polar surface area (TPSA) is 81.7 Å². The molecule has 7 nitrogen and oxygen atoms in total. The van der Waals surface area contributed by atoms with E-state index in [0.29, 0.717) is 19.0 Å². The van der Waals surface area contributed by atoms with Crippen LogP contribution in [0.4, 0.5) is 13.6 Å². The Morgan fingerprint density at radius 1 is 1.21 bits per heavy atom. The summed E-state index contributed by atoms with van der Waals surface area (Å²) in [5.41, 5.74) is 0.788. The van der Waals surface area contributed by atoms with E-state index in [1.807, 2.05) is 13.0 Å². The van der Waals surface area contributed by atoms with Crippen molar-refractivity contribution in [1.82, 2.24) is 15.6 Å². The minimum Gasteiger partial charge on any atom is -0.483 e. The maximum atomic E-state index is 13.2. The number of aromatic nitrogens is 1. The lowest BCUT2D eigenvalue weighted by Gasteiger charge is -2.29. The summed E-state index contributed by atoms with van der Waals surface area (Å²) in [6.07, 6.45) is 1.03. The molecule has 1 saturated carbocycles. The largest absolute Gasteiger partial charge is 0.483 e. The van der Waals surface area contributed by atoms with Gasteiger partial charge in [0, 0.05) is 25.1 Å². The lowest BCUT2D eigenvalue weighted by Crippen LogP contribution is -2.51. The Hall–Kier alpha value is -2.00. The van der Waals surface area contributed by atoms with Crippen LogP contribution >= 0.6 is 0 Å². The van der Waals surface area contributed by atoms with Crippen molar-refractivity contribution in [2.24, 2.45) is 0 Å². The van der Waals surface area contributed by atoms with Crippen molar-refractivity contribution in [2.45, 2.75) is 68.9 Å². The molecule has 2 amide bonds. The molecule has 28 heavy (non-hydrogen) atoms. The van der Waals surface area contributed by atoms with Crippen molar-refractivity contribution in [1.29, 1.82) is 0 Å². The molecular formula is C19H25F2N3O4. The van der Waals surface area contributed by atoms with Crippen LogP contribution in [0.25, 0.3) is 0 Å². The zero-order chi connectivity index (χ0) is 19.7. The van der Waals surface area contributed by atoms with Crippen molar-refractivity contribution >= 4 is 6.03 Å². The molecule has 9 heteroatoms. The molecule has 2 aliphatic heterocycles. The summed E-state index contributed by atoms with van der Waals surface area (Å²) >= 11 is 0. The van der Waals surface area contributed by atoms with Crippen molar-refractivity contribution in [3.05, 3.63) is 24.0 Å². The minimum atomic E-state index is -2.61. The van der Waals surface area contributed by atoms with E-state index in [-0.39, 0.29) is 62.1 Å². The highest BCUT2D eigenvalue weighted by Crippen LogP contribution is 2.33. The first kappa shape index (κ1) is 19.3. The van der Waals surface area contributed by atoms with Crippen LogP contribution in [0.5, 0.6) is 5.75 Å². The molecule has 4 rings (SSSR count). The van der Waals surface area contributed by atoms with Gasteiger partial charge in [0.1, 0.15) is 18.0 Å². The van der Waals surface area contributed by atoms with Crippen LogP contribution < -0.4 is 15.4 Å². The van der Waals surface area contributed by atoms with Gasteiger partial charge in [0.25, 0.3) is 0 Å². The van der Waals surface area contributed by atoms with E-state index in [1.54, 1.807) is 12.3 Å². The molecule has 0 radical (unpaired) electrons. The highest BCUT2D eigenvalue weighted by atomic mass is 19.3. The molecule has 1 aromatic rings. The van der Waals surface area contributed by atoms with Gasteiger partial charge in [0.15, 0.2) is 6.10 Å². The second kappa shape index (κ2) is 7.79. The van der Waals surface area contributed by atoms with Crippen LogP contribution in [0, 0.1) is 6.92 Å². The molecule has 2 saturated heterocycles. The Morgan fingerprint density at radius 2 is 1.96 bits per heavy atom. The number of alkyl halides is 2. The summed E-state index contributed by atoms with van der Waals surface area (Å²) in [6, 6.07) is 2.74. The number of hydrogen-bond acceptors (Lipinski definition) is 5. The summed E-state index contributed by atoms with van der Waals surface area (Å²) in [5, 5.41) is 5.65. The number of nitrogens with zero attached hydrogens (tertiary/aromatic N) is 1. The Labute approximate surface area is 162 Å². The summed E-state index contributed by atoms with van der Waals surface area (Å²) in [4.78, 5) is 16.5. The van der Waals surface area contributed by atoms with Crippen molar-refractivity contribution in [3.63, 3.8) is 0 Å². The number of halogens is 2. The van der Waals surface area contributed by atoms with Gasteiger partial charge in [-0.25, -0.2) is 13.6 Å². The van der Waals surface area contributed by atoms with Crippen LogP contribution in [0.15, 0.2) is 18.3 Å². The van der Waals surface area contributed by atoms with Crippen LogP contribution in [0.1, 0.15) is 31.4 Å². The third kappa shape index (κ3) is 4.20. The SMILES string of the molecule is Cc1ncccc1O[C@H]1CO[C@H]2[C@@H]1OC[C@@H]2NC(=O)NC1CCC(F)(F)CC1. The van der Waals surface area contributed by atoms with Gasteiger partial charge < -0.3 is 24.8 Å². The first-order chi connectivity index (χ1) is 13.4. The monoisotopic (exact) mass is 397 g/mol. The molecule has 1 aromatic heterocycles. The predicted molar refractivity (Wildman–Crippen MR) is 95.5 cm³/mol. The second-order valence-corrected chi connectivity index (χ2v) is 7.69. The fourth-order valence-corrected chi connectivity index (χ4v) is 4.03. The third-order valence-electron chi connectivity index (χ3n) is 5.61. The normalized spacial score (nSPS) is 32.0.